The van der Waals surface area contributed by atoms with Gasteiger partial charge >= 0.3 is 0 Å². The van der Waals surface area contributed by atoms with Crippen LogP contribution >= 0.6 is 0 Å². The Morgan fingerprint density at radius 2 is 2.00 bits per heavy atom. The van der Waals surface area contributed by atoms with Crippen LogP contribution in [0.3, 0.4) is 0 Å². The third-order valence-corrected chi connectivity index (χ3v) is 4.78. The number of sulfonamides is 1. The molecule has 0 aromatic carbocycles. The van der Waals surface area contributed by atoms with Crippen molar-refractivity contribution in [3.63, 3.8) is 0 Å². The monoisotopic (exact) mass is 300 g/mol. The molecule has 0 aliphatic carbocycles. The van der Waals surface area contributed by atoms with E-state index in [0.29, 0.717) is 18.8 Å². The van der Waals surface area contributed by atoms with E-state index < -0.39 is 10.0 Å². The molecule has 2 N–H and O–H groups in total. The molecule has 0 unspecified atom stereocenters. The molecule has 20 heavy (non-hydrogen) atoms. The maximum atomic E-state index is 12.4. The van der Waals surface area contributed by atoms with Crippen molar-refractivity contribution in [1.82, 2.24) is 14.6 Å². The van der Waals surface area contributed by atoms with Gasteiger partial charge in [0.1, 0.15) is 4.90 Å². The highest BCUT2D eigenvalue weighted by molar-refractivity contribution is 7.89. The fraction of sp³-hybridized carbons (Fsp3) is 0.615. The maximum Gasteiger partial charge on any atom is 0.244 e. The molecular formula is C13H24N4O2S. The normalized spacial score (nSPS) is 12.7. The quantitative estimate of drug-likeness (QED) is 0.789. The summed E-state index contributed by atoms with van der Waals surface area (Å²) in [7, 11) is 0.257. The van der Waals surface area contributed by atoms with E-state index in [-0.39, 0.29) is 10.4 Å². The molecule has 7 heteroatoms. The minimum absolute atomic E-state index is 0.177. The van der Waals surface area contributed by atoms with Gasteiger partial charge in [0.2, 0.25) is 10.0 Å². The summed E-state index contributed by atoms with van der Waals surface area (Å²) in [4.78, 5) is 6.06. The highest BCUT2D eigenvalue weighted by Crippen LogP contribution is 2.20. The van der Waals surface area contributed by atoms with Gasteiger partial charge in [0.05, 0.1) is 5.69 Å². The molecule has 0 bridgehead atoms. The van der Waals surface area contributed by atoms with E-state index in [0.717, 1.165) is 0 Å². The van der Waals surface area contributed by atoms with E-state index in [4.69, 9.17) is 0 Å². The third kappa shape index (κ3) is 4.16. The minimum atomic E-state index is -3.58. The molecule has 0 radical (unpaired) electrons. The van der Waals surface area contributed by atoms with E-state index in [2.05, 4.69) is 15.0 Å². The topological polar surface area (TPSA) is 74.3 Å². The summed E-state index contributed by atoms with van der Waals surface area (Å²) in [5.41, 5.74) is 0.297. The molecule has 0 aliphatic heterocycles. The van der Waals surface area contributed by atoms with E-state index >= 15 is 0 Å². The van der Waals surface area contributed by atoms with Gasteiger partial charge in [-0.25, -0.2) is 13.1 Å². The zero-order chi connectivity index (χ0) is 15.4. The molecule has 0 atom stereocenters. The molecule has 0 spiro atoms. The van der Waals surface area contributed by atoms with Crippen molar-refractivity contribution < 1.29 is 8.42 Å². The van der Waals surface area contributed by atoms with Crippen molar-refractivity contribution in [3.05, 3.63) is 18.5 Å². The Bertz CT molecular complexity index is 541. The van der Waals surface area contributed by atoms with Crippen molar-refractivity contribution >= 4 is 15.7 Å². The highest BCUT2D eigenvalue weighted by atomic mass is 32.2. The number of nitrogens with one attached hydrogen (secondary N) is 2. The number of nitrogens with zero attached hydrogens (tertiary/aromatic N) is 2. The van der Waals surface area contributed by atoms with E-state index in [9.17, 15) is 8.42 Å². The van der Waals surface area contributed by atoms with Gasteiger partial charge < -0.3 is 10.2 Å². The van der Waals surface area contributed by atoms with Gasteiger partial charge in [0.15, 0.2) is 0 Å². The molecule has 114 valence electrons. The summed E-state index contributed by atoms with van der Waals surface area (Å²) in [5, 5.41) is 3.03. The lowest BCUT2D eigenvalue weighted by Crippen LogP contribution is -2.48. The molecule has 1 rings (SSSR count). The van der Waals surface area contributed by atoms with Crippen molar-refractivity contribution in [1.29, 1.82) is 0 Å². The standard InChI is InChI=1S/C13H24N4O2S/c1-6-15-11-7-8-14-9-12(11)20(18,19)16-10-13(2,3)17(4)5/h7-9,16H,6,10H2,1-5H3,(H,14,15). The van der Waals surface area contributed by atoms with Gasteiger partial charge in [0.25, 0.3) is 0 Å². The van der Waals surface area contributed by atoms with Crippen LogP contribution in [0.25, 0.3) is 0 Å². The minimum Gasteiger partial charge on any atom is -0.384 e. The van der Waals surface area contributed by atoms with Crippen molar-refractivity contribution in [2.75, 3.05) is 32.5 Å². The van der Waals surface area contributed by atoms with Crippen LogP contribution in [0.15, 0.2) is 23.4 Å². The van der Waals surface area contributed by atoms with Crippen LogP contribution in [-0.2, 0) is 10.0 Å². The smallest absolute Gasteiger partial charge is 0.244 e. The SMILES string of the molecule is CCNc1ccncc1S(=O)(=O)NCC(C)(C)N(C)C. The number of hydrogen-bond acceptors (Lipinski definition) is 5. The first kappa shape index (κ1) is 16.9. The first-order valence-corrected chi connectivity index (χ1v) is 8.04. The van der Waals surface area contributed by atoms with Gasteiger partial charge in [-0.2, -0.15) is 0 Å². The number of hydrogen-bond donors (Lipinski definition) is 2. The van der Waals surface area contributed by atoms with Gasteiger partial charge in [-0.1, -0.05) is 0 Å². The molecule has 6 nitrogen and oxygen atoms in total. The number of rotatable bonds is 7. The molecule has 0 saturated heterocycles. The lowest BCUT2D eigenvalue weighted by molar-refractivity contribution is 0.199. The maximum absolute atomic E-state index is 12.4. The van der Waals surface area contributed by atoms with Crippen LogP contribution in [0, 0.1) is 0 Å². The molecule has 0 amide bonds. The lowest BCUT2D eigenvalue weighted by Gasteiger charge is -2.32. The van der Waals surface area contributed by atoms with Crippen molar-refractivity contribution in [3.8, 4) is 0 Å². The Kier molecular flexibility index (Phi) is 5.50. The molecule has 0 fully saturated rings. The van der Waals surface area contributed by atoms with Crippen LogP contribution in [0.5, 0.6) is 0 Å². The summed E-state index contributed by atoms with van der Waals surface area (Å²) in [5.74, 6) is 0. The van der Waals surface area contributed by atoms with Crippen LogP contribution < -0.4 is 10.0 Å². The fourth-order valence-corrected chi connectivity index (χ4v) is 2.77. The van der Waals surface area contributed by atoms with E-state index in [1.807, 2.05) is 39.8 Å². The number of likely N-dealkylation sites (N-methyl/N-ethyl adjacent to an activating group) is 1. The van der Waals surface area contributed by atoms with Crippen LogP contribution in [0.4, 0.5) is 5.69 Å². The van der Waals surface area contributed by atoms with Crippen LogP contribution in [-0.4, -0.2) is 51.0 Å². The van der Waals surface area contributed by atoms with Crippen molar-refractivity contribution in [2.45, 2.75) is 31.2 Å². The van der Waals surface area contributed by atoms with Gasteiger partial charge in [-0.3, -0.25) is 4.98 Å². The van der Waals surface area contributed by atoms with E-state index in [1.165, 1.54) is 6.20 Å². The molecular weight excluding hydrogens is 276 g/mol. The van der Waals surface area contributed by atoms with Gasteiger partial charge in [0, 0.05) is 31.0 Å². The summed E-state index contributed by atoms with van der Waals surface area (Å²) in [6, 6.07) is 1.66. The molecule has 1 heterocycles. The van der Waals surface area contributed by atoms with Crippen LogP contribution in [0.2, 0.25) is 0 Å². The summed E-state index contributed by atoms with van der Waals surface area (Å²) in [6.07, 6.45) is 2.93. The van der Waals surface area contributed by atoms with Crippen LogP contribution in [0.1, 0.15) is 20.8 Å². The van der Waals surface area contributed by atoms with Crippen molar-refractivity contribution in [2.24, 2.45) is 0 Å². The molecule has 0 aliphatic rings. The predicted octanol–water partition coefficient (Wildman–Crippen LogP) is 1.13. The molecule has 1 aromatic rings. The first-order chi connectivity index (χ1) is 9.20. The highest BCUT2D eigenvalue weighted by Gasteiger charge is 2.25. The average molecular weight is 300 g/mol. The second-order valence-corrected chi connectivity index (χ2v) is 7.17. The second kappa shape index (κ2) is 6.51. The Hall–Kier alpha value is -1.18. The van der Waals surface area contributed by atoms with Gasteiger partial charge in [-0.15, -0.1) is 0 Å². The Morgan fingerprint density at radius 3 is 2.55 bits per heavy atom. The number of aromatic nitrogens is 1. The average Bonchev–Trinajstić information content (AvgIpc) is 2.37. The lowest BCUT2D eigenvalue weighted by atomic mass is 10.1. The summed E-state index contributed by atoms with van der Waals surface area (Å²) < 4.78 is 27.4. The zero-order valence-corrected chi connectivity index (χ0v) is 13.6. The number of anilines is 1. The fourth-order valence-electron chi connectivity index (χ4n) is 1.44. The first-order valence-electron chi connectivity index (χ1n) is 6.55. The van der Waals surface area contributed by atoms with E-state index in [1.54, 1.807) is 12.3 Å². The summed E-state index contributed by atoms with van der Waals surface area (Å²) >= 11 is 0. The molecule has 1 aromatic heterocycles. The second-order valence-electron chi connectivity index (χ2n) is 5.43. The number of pyridine rings is 1. The largest absolute Gasteiger partial charge is 0.384 e. The predicted molar refractivity (Wildman–Crippen MR) is 81.4 cm³/mol. The Morgan fingerprint density at radius 1 is 1.35 bits per heavy atom. The molecule has 0 saturated carbocycles. The Balaban J connectivity index is 2.95. The zero-order valence-electron chi connectivity index (χ0n) is 12.8. The third-order valence-electron chi connectivity index (χ3n) is 3.35. The Labute approximate surface area is 121 Å². The summed E-state index contributed by atoms with van der Waals surface area (Å²) in [6.45, 7) is 6.84. The van der Waals surface area contributed by atoms with Gasteiger partial charge in [-0.05, 0) is 40.9 Å².